The van der Waals surface area contributed by atoms with Crippen LogP contribution in [0.1, 0.15) is 23.0 Å². The van der Waals surface area contributed by atoms with Crippen LogP contribution >= 0.6 is 0 Å². The zero-order valence-electron chi connectivity index (χ0n) is 13.3. The fourth-order valence-corrected chi connectivity index (χ4v) is 2.20. The van der Waals surface area contributed by atoms with Crippen molar-refractivity contribution >= 4 is 5.97 Å². The molecule has 24 heavy (non-hydrogen) atoms. The highest BCUT2D eigenvalue weighted by Gasteiger charge is 2.16. The Kier molecular flexibility index (Phi) is 4.86. The third kappa shape index (κ3) is 3.78. The Morgan fingerprint density at radius 2 is 1.75 bits per heavy atom. The van der Waals surface area contributed by atoms with E-state index in [0.717, 1.165) is 5.56 Å². The first-order valence-corrected chi connectivity index (χ1v) is 7.64. The Morgan fingerprint density at radius 3 is 2.50 bits per heavy atom. The number of ether oxygens (including phenoxy) is 2. The molecule has 0 atom stereocenters. The lowest BCUT2D eigenvalue weighted by Gasteiger charge is -2.08. The summed E-state index contributed by atoms with van der Waals surface area (Å²) in [6, 6.07) is 16.8. The third-order valence-corrected chi connectivity index (χ3v) is 3.29. The van der Waals surface area contributed by atoms with Crippen LogP contribution in [-0.4, -0.2) is 27.6 Å². The summed E-state index contributed by atoms with van der Waals surface area (Å²) in [6.07, 6.45) is 1.57. The lowest BCUT2D eigenvalue weighted by molar-refractivity contribution is 0.0722. The number of hydrogen-bond acceptors (Lipinski definition) is 5. The maximum Gasteiger partial charge on any atom is 0.366 e. The average molecular weight is 323 g/mol. The number of esters is 1. The van der Waals surface area contributed by atoms with Crippen LogP contribution in [0.3, 0.4) is 0 Å². The molecule has 3 rings (SSSR count). The van der Waals surface area contributed by atoms with E-state index in [9.17, 15) is 4.79 Å². The van der Waals surface area contributed by atoms with Crippen LogP contribution in [0.15, 0.2) is 60.8 Å². The standard InChI is InChI=1S/C18H17N3O3/c1-2-23-16-10-6-7-11-17(16)24-18(22)15-13-21(20-19-15)12-14-8-4-3-5-9-14/h3-11,13H,2,12H2,1H3. The Hall–Kier alpha value is -3.15. The van der Waals surface area contributed by atoms with Crippen LogP contribution in [0.4, 0.5) is 0 Å². The molecule has 0 aliphatic rings. The monoisotopic (exact) mass is 323 g/mol. The number of hydrogen-bond donors (Lipinski definition) is 0. The second kappa shape index (κ2) is 7.41. The van der Waals surface area contributed by atoms with E-state index in [1.165, 1.54) is 0 Å². The van der Waals surface area contributed by atoms with Gasteiger partial charge in [-0.3, -0.25) is 0 Å². The molecule has 0 amide bonds. The average Bonchev–Trinajstić information content (AvgIpc) is 3.06. The van der Waals surface area contributed by atoms with Crippen molar-refractivity contribution in [2.45, 2.75) is 13.5 Å². The van der Waals surface area contributed by atoms with Gasteiger partial charge in [-0.2, -0.15) is 0 Å². The van der Waals surface area contributed by atoms with Crippen molar-refractivity contribution < 1.29 is 14.3 Å². The van der Waals surface area contributed by atoms with E-state index in [2.05, 4.69) is 10.3 Å². The zero-order chi connectivity index (χ0) is 16.8. The van der Waals surface area contributed by atoms with Gasteiger partial charge < -0.3 is 9.47 Å². The fourth-order valence-electron chi connectivity index (χ4n) is 2.20. The Bertz CT molecular complexity index is 815. The first-order valence-electron chi connectivity index (χ1n) is 7.64. The van der Waals surface area contributed by atoms with E-state index < -0.39 is 5.97 Å². The summed E-state index contributed by atoms with van der Waals surface area (Å²) in [4.78, 5) is 12.2. The normalized spacial score (nSPS) is 10.4. The predicted octanol–water partition coefficient (Wildman–Crippen LogP) is 2.94. The SMILES string of the molecule is CCOc1ccccc1OC(=O)c1cn(Cc2ccccc2)nn1. The molecule has 1 aromatic heterocycles. The molecule has 1 heterocycles. The molecule has 0 N–H and O–H groups in total. The highest BCUT2D eigenvalue weighted by molar-refractivity contribution is 5.88. The molecule has 0 unspecified atom stereocenters. The number of nitrogens with zero attached hydrogens (tertiary/aromatic N) is 3. The molecule has 0 aliphatic heterocycles. The van der Waals surface area contributed by atoms with Crippen molar-refractivity contribution in [1.82, 2.24) is 15.0 Å². The molecule has 122 valence electrons. The molecule has 0 bridgehead atoms. The van der Waals surface area contributed by atoms with Crippen LogP contribution in [0.2, 0.25) is 0 Å². The molecule has 6 nitrogen and oxygen atoms in total. The van der Waals surface area contributed by atoms with E-state index in [4.69, 9.17) is 9.47 Å². The van der Waals surface area contributed by atoms with Crippen LogP contribution in [0, 0.1) is 0 Å². The van der Waals surface area contributed by atoms with Gasteiger partial charge >= 0.3 is 5.97 Å². The molecule has 0 saturated heterocycles. The van der Waals surface area contributed by atoms with Gasteiger partial charge in [0.2, 0.25) is 0 Å². The Labute approximate surface area is 139 Å². The molecular weight excluding hydrogens is 306 g/mol. The lowest BCUT2D eigenvalue weighted by Crippen LogP contribution is -2.10. The van der Waals surface area contributed by atoms with Gasteiger partial charge in [-0.1, -0.05) is 47.7 Å². The number of carbonyl (C=O) groups is 1. The summed E-state index contributed by atoms with van der Waals surface area (Å²) in [5, 5.41) is 7.85. The summed E-state index contributed by atoms with van der Waals surface area (Å²) in [6.45, 7) is 2.90. The number of rotatable bonds is 6. The molecule has 6 heteroatoms. The minimum Gasteiger partial charge on any atom is -0.490 e. The van der Waals surface area contributed by atoms with Crippen molar-refractivity contribution in [3.8, 4) is 11.5 Å². The van der Waals surface area contributed by atoms with E-state index in [-0.39, 0.29) is 5.69 Å². The maximum absolute atomic E-state index is 12.2. The summed E-state index contributed by atoms with van der Waals surface area (Å²) < 4.78 is 12.4. The molecule has 3 aromatic rings. The highest BCUT2D eigenvalue weighted by Crippen LogP contribution is 2.26. The lowest BCUT2D eigenvalue weighted by atomic mass is 10.2. The maximum atomic E-state index is 12.2. The molecule has 0 radical (unpaired) electrons. The number of carbonyl (C=O) groups excluding carboxylic acids is 1. The zero-order valence-corrected chi connectivity index (χ0v) is 13.3. The van der Waals surface area contributed by atoms with Crippen molar-refractivity contribution in [1.29, 1.82) is 0 Å². The van der Waals surface area contributed by atoms with Crippen LogP contribution in [-0.2, 0) is 6.54 Å². The van der Waals surface area contributed by atoms with Gasteiger partial charge in [-0.15, -0.1) is 5.10 Å². The van der Waals surface area contributed by atoms with E-state index in [1.54, 1.807) is 29.1 Å². The van der Waals surface area contributed by atoms with Gasteiger partial charge in [0.1, 0.15) is 0 Å². The van der Waals surface area contributed by atoms with E-state index in [0.29, 0.717) is 24.7 Å². The van der Waals surface area contributed by atoms with Gasteiger partial charge in [0.05, 0.1) is 19.3 Å². The largest absolute Gasteiger partial charge is 0.490 e. The van der Waals surface area contributed by atoms with Crippen molar-refractivity contribution in [3.63, 3.8) is 0 Å². The quantitative estimate of drug-likeness (QED) is 0.515. The second-order valence-corrected chi connectivity index (χ2v) is 5.06. The third-order valence-electron chi connectivity index (χ3n) is 3.29. The topological polar surface area (TPSA) is 66.2 Å². The number of benzene rings is 2. The second-order valence-electron chi connectivity index (χ2n) is 5.06. The van der Waals surface area contributed by atoms with Gasteiger partial charge in [0, 0.05) is 0 Å². The summed E-state index contributed by atoms with van der Waals surface area (Å²) >= 11 is 0. The van der Waals surface area contributed by atoms with E-state index >= 15 is 0 Å². The molecule has 2 aromatic carbocycles. The van der Waals surface area contributed by atoms with Crippen LogP contribution < -0.4 is 9.47 Å². The number of para-hydroxylation sites is 2. The molecule has 0 saturated carbocycles. The Morgan fingerprint density at radius 1 is 1.04 bits per heavy atom. The molecule has 0 fully saturated rings. The summed E-state index contributed by atoms with van der Waals surface area (Å²) in [5.74, 6) is 0.313. The first kappa shape index (κ1) is 15.7. The minimum atomic E-state index is -0.568. The van der Waals surface area contributed by atoms with Crippen molar-refractivity contribution in [2.24, 2.45) is 0 Å². The van der Waals surface area contributed by atoms with Gasteiger partial charge in [-0.25, -0.2) is 9.48 Å². The van der Waals surface area contributed by atoms with Crippen LogP contribution in [0.25, 0.3) is 0 Å². The smallest absolute Gasteiger partial charge is 0.366 e. The summed E-state index contributed by atoms with van der Waals surface area (Å²) in [7, 11) is 0. The summed E-state index contributed by atoms with van der Waals surface area (Å²) in [5.41, 5.74) is 1.22. The molecular formula is C18H17N3O3. The fraction of sp³-hybridized carbons (Fsp3) is 0.167. The van der Waals surface area contributed by atoms with E-state index in [1.807, 2.05) is 43.3 Å². The van der Waals surface area contributed by atoms with Crippen LogP contribution in [0.5, 0.6) is 11.5 Å². The Balaban J connectivity index is 1.70. The molecule has 0 aliphatic carbocycles. The van der Waals surface area contributed by atoms with Gasteiger partial charge in [0.15, 0.2) is 17.2 Å². The predicted molar refractivity (Wildman–Crippen MR) is 88.1 cm³/mol. The van der Waals surface area contributed by atoms with Gasteiger partial charge in [0.25, 0.3) is 0 Å². The molecule has 0 spiro atoms. The minimum absolute atomic E-state index is 0.150. The van der Waals surface area contributed by atoms with Crippen molar-refractivity contribution in [2.75, 3.05) is 6.61 Å². The first-order chi connectivity index (χ1) is 11.8. The van der Waals surface area contributed by atoms with Crippen molar-refractivity contribution in [3.05, 3.63) is 72.1 Å². The van der Waals surface area contributed by atoms with Gasteiger partial charge in [-0.05, 0) is 24.6 Å². The highest BCUT2D eigenvalue weighted by atomic mass is 16.6. The number of aromatic nitrogens is 3.